The topological polar surface area (TPSA) is 55.6 Å². The fourth-order valence-electron chi connectivity index (χ4n) is 1.74. The summed E-state index contributed by atoms with van der Waals surface area (Å²) in [5.74, 6) is 6.55. The Labute approximate surface area is 111 Å². The van der Waals surface area contributed by atoms with Gasteiger partial charge in [0.15, 0.2) is 0 Å². The second-order valence-corrected chi connectivity index (χ2v) is 5.14. The molecule has 104 valence electrons. The van der Waals surface area contributed by atoms with Gasteiger partial charge < -0.3 is 15.4 Å². The van der Waals surface area contributed by atoms with E-state index in [1.165, 1.54) is 7.05 Å². The summed E-state index contributed by atoms with van der Waals surface area (Å²) in [7, 11) is 1.50. The van der Waals surface area contributed by atoms with E-state index in [1.807, 2.05) is 27.7 Å². The van der Waals surface area contributed by atoms with Crippen LogP contribution < -0.4 is 5.73 Å². The number of nitrogens with two attached hydrogens (primary N) is 1. The molecule has 0 aromatic heterocycles. The van der Waals surface area contributed by atoms with Crippen molar-refractivity contribution in [3.05, 3.63) is 0 Å². The van der Waals surface area contributed by atoms with E-state index >= 15 is 0 Å². The van der Waals surface area contributed by atoms with Gasteiger partial charge in [-0.05, 0) is 47.6 Å². The van der Waals surface area contributed by atoms with Crippen LogP contribution in [0.2, 0.25) is 0 Å². The summed E-state index contributed by atoms with van der Waals surface area (Å²) >= 11 is 0. The molecule has 0 unspecified atom stereocenters. The first kappa shape index (κ1) is 16.8. The fourth-order valence-corrected chi connectivity index (χ4v) is 1.74. The van der Waals surface area contributed by atoms with E-state index in [0.29, 0.717) is 5.92 Å². The minimum absolute atomic E-state index is 0.199. The van der Waals surface area contributed by atoms with Crippen molar-refractivity contribution in [2.75, 3.05) is 20.1 Å². The lowest BCUT2D eigenvalue weighted by Crippen LogP contribution is -2.41. The van der Waals surface area contributed by atoms with Crippen molar-refractivity contribution in [1.82, 2.24) is 4.90 Å². The van der Waals surface area contributed by atoms with E-state index in [9.17, 15) is 4.79 Å². The second kappa shape index (κ2) is 7.99. The van der Waals surface area contributed by atoms with Crippen LogP contribution in [0.4, 0.5) is 4.79 Å². The van der Waals surface area contributed by atoms with Crippen LogP contribution >= 0.6 is 0 Å². The number of amides is 1. The number of hydrogen-bond donors (Lipinski definition) is 1. The molecule has 18 heavy (non-hydrogen) atoms. The molecule has 1 heterocycles. The average molecular weight is 254 g/mol. The zero-order valence-corrected chi connectivity index (χ0v) is 12.2. The number of hydrogen-bond acceptors (Lipinski definition) is 3. The van der Waals surface area contributed by atoms with Gasteiger partial charge in [0.1, 0.15) is 5.60 Å². The summed E-state index contributed by atoms with van der Waals surface area (Å²) in [6.07, 6.45) is 1.72. The third-order valence-corrected chi connectivity index (χ3v) is 2.50. The SMILES string of the molecule is CC#CC1CCN(C(=O)OC(C)(C)C)CC1.CN. The van der Waals surface area contributed by atoms with Gasteiger partial charge in [0.05, 0.1) is 0 Å². The number of rotatable bonds is 0. The molecule has 1 amide bonds. The van der Waals surface area contributed by atoms with Crippen molar-refractivity contribution in [2.45, 2.75) is 46.1 Å². The highest BCUT2D eigenvalue weighted by molar-refractivity contribution is 5.68. The molecule has 4 nitrogen and oxygen atoms in total. The maximum atomic E-state index is 11.7. The van der Waals surface area contributed by atoms with E-state index < -0.39 is 5.60 Å². The number of carbonyl (C=O) groups excluding carboxylic acids is 1. The number of carbonyl (C=O) groups is 1. The normalized spacial score (nSPS) is 16.0. The molecule has 0 aliphatic carbocycles. The smallest absolute Gasteiger partial charge is 0.410 e. The molecule has 1 aliphatic rings. The number of likely N-dealkylation sites (tertiary alicyclic amines) is 1. The van der Waals surface area contributed by atoms with E-state index in [0.717, 1.165) is 25.9 Å². The Balaban J connectivity index is 0.00000137. The minimum atomic E-state index is -0.406. The predicted molar refractivity (Wildman–Crippen MR) is 74.1 cm³/mol. The van der Waals surface area contributed by atoms with Crippen LogP contribution in [0.3, 0.4) is 0 Å². The summed E-state index contributed by atoms with van der Waals surface area (Å²) in [6.45, 7) is 9.05. The Hall–Kier alpha value is -1.21. The first-order valence-corrected chi connectivity index (χ1v) is 6.40. The van der Waals surface area contributed by atoms with Crippen LogP contribution in [0, 0.1) is 17.8 Å². The second-order valence-electron chi connectivity index (χ2n) is 5.14. The van der Waals surface area contributed by atoms with Crippen LogP contribution in [0.25, 0.3) is 0 Å². The Morgan fingerprint density at radius 3 is 2.17 bits per heavy atom. The molecule has 0 spiro atoms. The summed E-state index contributed by atoms with van der Waals surface area (Å²) in [4.78, 5) is 13.5. The fraction of sp³-hybridized carbons (Fsp3) is 0.786. The molecule has 1 rings (SSSR count). The van der Waals surface area contributed by atoms with Crippen molar-refractivity contribution < 1.29 is 9.53 Å². The minimum Gasteiger partial charge on any atom is -0.444 e. The standard InChI is InChI=1S/C13H21NO2.CH5N/c1-5-6-11-7-9-14(10-8-11)12(15)16-13(2,3)4;1-2/h11H,7-10H2,1-4H3;2H2,1H3. The van der Waals surface area contributed by atoms with Crippen LogP contribution in [-0.4, -0.2) is 36.7 Å². The van der Waals surface area contributed by atoms with Gasteiger partial charge in [-0.15, -0.1) is 11.8 Å². The zero-order chi connectivity index (χ0) is 14.2. The summed E-state index contributed by atoms with van der Waals surface area (Å²) in [5.41, 5.74) is 4.09. The lowest BCUT2D eigenvalue weighted by molar-refractivity contribution is 0.0199. The molecule has 0 aromatic rings. The van der Waals surface area contributed by atoms with Gasteiger partial charge in [0.2, 0.25) is 0 Å². The third kappa shape index (κ3) is 6.51. The van der Waals surface area contributed by atoms with Gasteiger partial charge in [0.25, 0.3) is 0 Å². The first-order valence-electron chi connectivity index (χ1n) is 6.40. The van der Waals surface area contributed by atoms with E-state index in [1.54, 1.807) is 4.90 Å². The van der Waals surface area contributed by atoms with Crippen LogP contribution in [0.5, 0.6) is 0 Å². The molecule has 1 saturated heterocycles. The van der Waals surface area contributed by atoms with E-state index in [-0.39, 0.29) is 6.09 Å². The molecule has 4 heteroatoms. The highest BCUT2D eigenvalue weighted by Crippen LogP contribution is 2.18. The van der Waals surface area contributed by atoms with Crippen molar-refractivity contribution in [3.63, 3.8) is 0 Å². The van der Waals surface area contributed by atoms with Crippen molar-refractivity contribution in [3.8, 4) is 11.8 Å². The maximum Gasteiger partial charge on any atom is 0.410 e. The Kier molecular flexibility index (Phi) is 7.45. The van der Waals surface area contributed by atoms with Crippen LogP contribution in [-0.2, 0) is 4.74 Å². The molecular formula is C14H26N2O2. The largest absolute Gasteiger partial charge is 0.444 e. The van der Waals surface area contributed by atoms with E-state index in [4.69, 9.17) is 4.74 Å². The van der Waals surface area contributed by atoms with E-state index in [2.05, 4.69) is 17.6 Å². The Bertz CT molecular complexity index is 302. The molecule has 0 bridgehead atoms. The van der Waals surface area contributed by atoms with Gasteiger partial charge in [0, 0.05) is 19.0 Å². The molecule has 1 aliphatic heterocycles. The number of nitrogens with zero attached hydrogens (tertiary/aromatic N) is 1. The molecule has 2 N–H and O–H groups in total. The molecule has 0 radical (unpaired) electrons. The van der Waals surface area contributed by atoms with Crippen LogP contribution in [0.15, 0.2) is 0 Å². The monoisotopic (exact) mass is 254 g/mol. The molecule has 1 fully saturated rings. The molecule has 0 aromatic carbocycles. The van der Waals surface area contributed by atoms with Gasteiger partial charge in [-0.25, -0.2) is 4.79 Å². The van der Waals surface area contributed by atoms with Crippen molar-refractivity contribution in [2.24, 2.45) is 11.7 Å². The maximum absolute atomic E-state index is 11.7. The third-order valence-electron chi connectivity index (χ3n) is 2.50. The summed E-state index contributed by atoms with van der Waals surface area (Å²) < 4.78 is 5.32. The molecular weight excluding hydrogens is 228 g/mol. The van der Waals surface area contributed by atoms with Gasteiger partial charge in [-0.1, -0.05) is 0 Å². The van der Waals surface area contributed by atoms with Crippen LogP contribution in [0.1, 0.15) is 40.5 Å². The van der Waals surface area contributed by atoms with Crippen molar-refractivity contribution in [1.29, 1.82) is 0 Å². The number of piperidine rings is 1. The number of ether oxygens (including phenoxy) is 1. The zero-order valence-electron chi connectivity index (χ0n) is 12.2. The summed E-state index contributed by atoms with van der Waals surface area (Å²) in [6, 6.07) is 0. The lowest BCUT2D eigenvalue weighted by atomic mass is 9.98. The lowest BCUT2D eigenvalue weighted by Gasteiger charge is -2.31. The van der Waals surface area contributed by atoms with Crippen molar-refractivity contribution >= 4 is 6.09 Å². The highest BCUT2D eigenvalue weighted by Gasteiger charge is 2.25. The first-order chi connectivity index (χ1) is 8.42. The summed E-state index contributed by atoms with van der Waals surface area (Å²) in [5, 5.41) is 0. The highest BCUT2D eigenvalue weighted by atomic mass is 16.6. The Morgan fingerprint density at radius 2 is 1.78 bits per heavy atom. The molecule has 0 saturated carbocycles. The average Bonchev–Trinajstić information content (AvgIpc) is 2.31. The predicted octanol–water partition coefficient (Wildman–Crippen LogP) is 2.23. The van der Waals surface area contributed by atoms with Gasteiger partial charge in [-0.3, -0.25) is 0 Å². The Morgan fingerprint density at radius 1 is 1.28 bits per heavy atom. The van der Waals surface area contributed by atoms with Gasteiger partial charge >= 0.3 is 6.09 Å². The van der Waals surface area contributed by atoms with Gasteiger partial charge in [-0.2, -0.15) is 0 Å². The quantitative estimate of drug-likeness (QED) is 0.674. The molecule has 0 atom stereocenters.